The van der Waals surface area contributed by atoms with E-state index in [9.17, 15) is 14.9 Å². The Balaban J connectivity index is 2.45. The van der Waals surface area contributed by atoms with Crippen molar-refractivity contribution < 1.29 is 9.72 Å². The van der Waals surface area contributed by atoms with Gasteiger partial charge in [-0.15, -0.1) is 0 Å². The lowest BCUT2D eigenvalue weighted by Crippen LogP contribution is -2.58. The zero-order chi connectivity index (χ0) is 15.6. The van der Waals surface area contributed by atoms with E-state index in [1.54, 1.807) is 31.1 Å². The summed E-state index contributed by atoms with van der Waals surface area (Å²) in [5.74, 6) is -0.100. The minimum absolute atomic E-state index is 0.0760. The summed E-state index contributed by atoms with van der Waals surface area (Å²) in [6, 6.07) is 4.29. The molecule has 0 radical (unpaired) electrons. The largest absolute Gasteiger partial charge is 0.352 e. The Morgan fingerprint density at radius 2 is 2.24 bits per heavy atom. The Morgan fingerprint density at radius 1 is 1.52 bits per heavy atom. The number of amides is 1. The van der Waals surface area contributed by atoms with Crippen LogP contribution < -0.4 is 10.2 Å². The predicted octanol–water partition coefficient (Wildman–Crippen LogP) is 1.11. The van der Waals surface area contributed by atoms with Crippen LogP contribution in [-0.2, 0) is 4.79 Å². The fourth-order valence-corrected chi connectivity index (χ4v) is 2.67. The van der Waals surface area contributed by atoms with Crippen molar-refractivity contribution in [2.24, 2.45) is 0 Å². The second kappa shape index (κ2) is 6.28. The lowest BCUT2D eigenvalue weighted by Gasteiger charge is -2.37. The van der Waals surface area contributed by atoms with Gasteiger partial charge in [-0.3, -0.25) is 14.9 Å². The van der Waals surface area contributed by atoms with Gasteiger partial charge in [0.1, 0.15) is 16.8 Å². The molecule has 0 aromatic heterocycles. The van der Waals surface area contributed by atoms with Crippen LogP contribution in [0.3, 0.4) is 0 Å². The maximum absolute atomic E-state index is 12.3. The quantitative estimate of drug-likeness (QED) is 0.668. The molecule has 1 atom stereocenters. The first-order valence-electron chi connectivity index (χ1n) is 6.55. The summed E-state index contributed by atoms with van der Waals surface area (Å²) < 4.78 is 0. The summed E-state index contributed by atoms with van der Waals surface area (Å²) in [7, 11) is 3.34. The molecule has 0 bridgehead atoms. The Labute approximate surface area is 127 Å². The maximum Gasteiger partial charge on any atom is 0.310 e. The molecule has 1 amide bonds. The van der Waals surface area contributed by atoms with Crippen LogP contribution in [0.4, 0.5) is 11.4 Å². The molecule has 1 aromatic carbocycles. The highest BCUT2D eigenvalue weighted by atomic mass is 35.5. The van der Waals surface area contributed by atoms with Gasteiger partial charge in [-0.2, -0.15) is 0 Å². The van der Waals surface area contributed by atoms with Gasteiger partial charge in [-0.1, -0.05) is 17.7 Å². The number of nitro benzene ring substituents is 1. The maximum atomic E-state index is 12.3. The zero-order valence-corrected chi connectivity index (χ0v) is 12.6. The Kier molecular flexibility index (Phi) is 4.64. The van der Waals surface area contributed by atoms with Gasteiger partial charge in [-0.05, 0) is 12.1 Å². The molecule has 1 fully saturated rings. The lowest BCUT2D eigenvalue weighted by atomic mass is 10.1. The number of carbonyl (C=O) groups excluding carboxylic acids is 1. The van der Waals surface area contributed by atoms with E-state index < -0.39 is 11.0 Å². The van der Waals surface area contributed by atoms with Gasteiger partial charge in [0.15, 0.2) is 0 Å². The van der Waals surface area contributed by atoms with Crippen molar-refractivity contribution in [2.45, 2.75) is 6.04 Å². The van der Waals surface area contributed by atoms with Crippen molar-refractivity contribution in [2.75, 3.05) is 38.6 Å². The molecule has 1 N–H and O–H groups in total. The zero-order valence-electron chi connectivity index (χ0n) is 11.9. The fourth-order valence-electron chi connectivity index (χ4n) is 2.43. The smallest absolute Gasteiger partial charge is 0.310 e. The monoisotopic (exact) mass is 312 g/mol. The van der Waals surface area contributed by atoms with E-state index in [2.05, 4.69) is 5.32 Å². The second-order valence-corrected chi connectivity index (χ2v) is 5.42. The highest BCUT2D eigenvalue weighted by molar-refractivity contribution is 6.33. The summed E-state index contributed by atoms with van der Waals surface area (Å²) in [5.41, 5.74) is 0.229. The van der Waals surface area contributed by atoms with Crippen LogP contribution in [0.1, 0.15) is 0 Å². The second-order valence-electron chi connectivity index (χ2n) is 5.01. The van der Waals surface area contributed by atoms with Gasteiger partial charge in [0.05, 0.1) is 4.92 Å². The highest BCUT2D eigenvalue weighted by Gasteiger charge is 2.34. The van der Waals surface area contributed by atoms with Crippen molar-refractivity contribution >= 4 is 28.9 Å². The number of anilines is 1. The van der Waals surface area contributed by atoms with E-state index in [0.29, 0.717) is 25.3 Å². The number of para-hydroxylation sites is 1. The van der Waals surface area contributed by atoms with Crippen LogP contribution >= 0.6 is 11.6 Å². The molecule has 1 unspecified atom stereocenters. The standard InChI is InChI=1S/C13H17ClN4O3/c1-16(2)13(19)11-8-15-6-7-17(11)10-5-3-4-9(14)12(10)18(20)21/h3-5,11,15H,6-8H2,1-2H3. The molecule has 0 spiro atoms. The number of rotatable bonds is 3. The number of carbonyl (C=O) groups is 1. The molecule has 8 heteroatoms. The Hall–Kier alpha value is -1.86. The third-order valence-electron chi connectivity index (χ3n) is 3.43. The summed E-state index contributed by atoms with van der Waals surface area (Å²) in [6.45, 7) is 1.60. The number of benzene rings is 1. The average Bonchev–Trinajstić information content (AvgIpc) is 2.45. The van der Waals surface area contributed by atoms with Crippen LogP contribution in [-0.4, -0.2) is 55.5 Å². The predicted molar refractivity (Wildman–Crippen MR) is 80.8 cm³/mol. The topological polar surface area (TPSA) is 78.7 Å². The van der Waals surface area contributed by atoms with Gasteiger partial charge in [0.25, 0.3) is 0 Å². The minimum Gasteiger partial charge on any atom is -0.352 e. The van der Waals surface area contributed by atoms with E-state index in [1.165, 1.54) is 11.0 Å². The van der Waals surface area contributed by atoms with Crippen LogP contribution in [0.5, 0.6) is 0 Å². The normalized spacial score (nSPS) is 18.4. The van der Waals surface area contributed by atoms with Crippen LogP contribution in [0, 0.1) is 10.1 Å². The summed E-state index contributed by atoms with van der Waals surface area (Å²) >= 11 is 5.95. The molecule has 0 saturated carbocycles. The first kappa shape index (κ1) is 15.5. The number of hydrogen-bond donors (Lipinski definition) is 1. The number of piperazine rings is 1. The van der Waals surface area contributed by atoms with E-state index in [-0.39, 0.29) is 16.6 Å². The van der Waals surface area contributed by atoms with Crippen LogP contribution in [0.2, 0.25) is 5.02 Å². The number of nitrogens with one attached hydrogen (secondary N) is 1. The number of hydrogen-bond acceptors (Lipinski definition) is 5. The Bertz CT molecular complexity index is 564. The number of nitro groups is 1. The Morgan fingerprint density at radius 3 is 2.86 bits per heavy atom. The number of likely N-dealkylation sites (N-methyl/N-ethyl adjacent to an activating group) is 1. The van der Waals surface area contributed by atoms with E-state index in [4.69, 9.17) is 11.6 Å². The van der Waals surface area contributed by atoms with Gasteiger partial charge >= 0.3 is 5.69 Å². The molecule has 114 valence electrons. The molecule has 7 nitrogen and oxygen atoms in total. The van der Waals surface area contributed by atoms with Crippen molar-refractivity contribution in [3.8, 4) is 0 Å². The SMILES string of the molecule is CN(C)C(=O)C1CNCCN1c1cccc(Cl)c1[N+](=O)[O-]. The molecular weight excluding hydrogens is 296 g/mol. The molecule has 1 saturated heterocycles. The summed E-state index contributed by atoms with van der Waals surface area (Å²) in [4.78, 5) is 26.3. The molecule has 1 aliphatic rings. The first-order valence-corrected chi connectivity index (χ1v) is 6.92. The molecule has 1 aromatic rings. The first-order chi connectivity index (χ1) is 9.93. The van der Waals surface area contributed by atoms with E-state index in [1.807, 2.05) is 0 Å². The molecule has 21 heavy (non-hydrogen) atoms. The van der Waals surface area contributed by atoms with E-state index >= 15 is 0 Å². The van der Waals surface area contributed by atoms with Gasteiger partial charge in [0, 0.05) is 33.7 Å². The molecular formula is C13H17ClN4O3. The van der Waals surface area contributed by atoms with E-state index in [0.717, 1.165) is 0 Å². The van der Waals surface area contributed by atoms with Crippen LogP contribution in [0.25, 0.3) is 0 Å². The number of halogens is 1. The van der Waals surface area contributed by atoms with Crippen molar-refractivity contribution in [3.63, 3.8) is 0 Å². The van der Waals surface area contributed by atoms with Crippen molar-refractivity contribution in [1.82, 2.24) is 10.2 Å². The molecule has 2 rings (SSSR count). The third kappa shape index (κ3) is 3.08. The van der Waals surface area contributed by atoms with Crippen molar-refractivity contribution in [1.29, 1.82) is 0 Å². The van der Waals surface area contributed by atoms with Gasteiger partial charge in [0.2, 0.25) is 5.91 Å². The van der Waals surface area contributed by atoms with Crippen LogP contribution in [0.15, 0.2) is 18.2 Å². The number of nitrogens with zero attached hydrogens (tertiary/aromatic N) is 3. The van der Waals surface area contributed by atoms with Crippen molar-refractivity contribution in [3.05, 3.63) is 33.3 Å². The van der Waals surface area contributed by atoms with Gasteiger partial charge in [-0.25, -0.2) is 0 Å². The highest BCUT2D eigenvalue weighted by Crippen LogP contribution is 2.36. The third-order valence-corrected chi connectivity index (χ3v) is 3.73. The molecule has 1 aliphatic heterocycles. The minimum atomic E-state index is -0.503. The molecule has 1 heterocycles. The lowest BCUT2D eigenvalue weighted by molar-refractivity contribution is -0.384. The molecule has 0 aliphatic carbocycles. The average molecular weight is 313 g/mol. The fraction of sp³-hybridized carbons (Fsp3) is 0.462. The van der Waals surface area contributed by atoms with Gasteiger partial charge < -0.3 is 15.1 Å². The summed E-state index contributed by atoms with van der Waals surface area (Å²) in [5, 5.41) is 14.5. The summed E-state index contributed by atoms with van der Waals surface area (Å²) in [6.07, 6.45) is 0.